The molecule has 10 nitrogen and oxygen atoms in total. The van der Waals surface area contributed by atoms with Crippen molar-refractivity contribution in [3.63, 3.8) is 0 Å². The summed E-state index contributed by atoms with van der Waals surface area (Å²) in [6, 6.07) is 5.43. The molecule has 1 aliphatic rings. The maximum Gasteiger partial charge on any atom is 0.330 e. The molecule has 1 aromatic heterocycles. The number of carbonyl (C=O) groups excluding carboxylic acids is 1. The molecular formula is C18H20FN3O7. The molecule has 1 fully saturated rings. The van der Waals surface area contributed by atoms with Gasteiger partial charge in [0.15, 0.2) is 6.23 Å². The van der Waals surface area contributed by atoms with E-state index in [9.17, 15) is 29.0 Å². The van der Waals surface area contributed by atoms with Crippen LogP contribution in [0, 0.1) is 5.82 Å². The molecule has 156 valence electrons. The molecule has 0 radical (unpaired) electrons. The summed E-state index contributed by atoms with van der Waals surface area (Å²) in [5.74, 6) is -1.19. The number of halogens is 1. The number of nitrogens with one attached hydrogen (secondary N) is 2. The first kappa shape index (κ1) is 20.9. The van der Waals surface area contributed by atoms with Gasteiger partial charge in [0.1, 0.15) is 29.7 Å². The molecule has 1 aromatic carbocycles. The Labute approximate surface area is 163 Å². The van der Waals surface area contributed by atoms with E-state index in [0.29, 0.717) is 5.56 Å². The van der Waals surface area contributed by atoms with Crippen LogP contribution in [-0.2, 0) is 16.0 Å². The van der Waals surface area contributed by atoms with Crippen molar-refractivity contribution in [2.45, 2.75) is 31.1 Å². The summed E-state index contributed by atoms with van der Waals surface area (Å²) >= 11 is 0. The van der Waals surface area contributed by atoms with Crippen molar-refractivity contribution < 1.29 is 28.9 Å². The molecule has 0 aliphatic carbocycles. The number of hydrogen-bond donors (Lipinski definition) is 4. The Balaban J connectivity index is 1.85. The van der Waals surface area contributed by atoms with Crippen LogP contribution < -0.4 is 16.6 Å². The molecule has 0 unspecified atom stereocenters. The number of H-pyrrole nitrogens is 1. The van der Waals surface area contributed by atoms with Gasteiger partial charge < -0.3 is 25.0 Å². The number of carbonyl (C=O) groups is 1. The van der Waals surface area contributed by atoms with E-state index in [1.807, 2.05) is 4.98 Å². The fraction of sp³-hybridized carbons (Fsp3) is 0.389. The van der Waals surface area contributed by atoms with Gasteiger partial charge in [0.05, 0.1) is 6.61 Å². The third-order valence-electron chi connectivity index (χ3n) is 4.62. The van der Waals surface area contributed by atoms with Crippen LogP contribution in [0.25, 0.3) is 0 Å². The minimum Gasteiger partial charge on any atom is -0.394 e. The minimum absolute atomic E-state index is 0.0314. The van der Waals surface area contributed by atoms with Gasteiger partial charge in [0.2, 0.25) is 0 Å². The fourth-order valence-electron chi connectivity index (χ4n) is 3.06. The van der Waals surface area contributed by atoms with Gasteiger partial charge in [-0.1, -0.05) is 12.1 Å². The number of aliphatic hydroxyl groups excluding tert-OH is 2. The van der Waals surface area contributed by atoms with Gasteiger partial charge in [0.25, 0.3) is 11.5 Å². The second kappa shape index (κ2) is 8.66. The van der Waals surface area contributed by atoms with E-state index < -0.39 is 54.1 Å². The molecule has 11 heteroatoms. The van der Waals surface area contributed by atoms with Crippen LogP contribution in [0.2, 0.25) is 0 Å². The predicted molar refractivity (Wildman–Crippen MR) is 96.7 cm³/mol. The lowest BCUT2D eigenvalue weighted by molar-refractivity contribution is -0.0626. The van der Waals surface area contributed by atoms with Crippen molar-refractivity contribution >= 4 is 5.91 Å². The smallest absolute Gasteiger partial charge is 0.330 e. The zero-order valence-corrected chi connectivity index (χ0v) is 15.4. The second-order valence-corrected chi connectivity index (χ2v) is 6.46. The topological polar surface area (TPSA) is 143 Å². The van der Waals surface area contributed by atoms with E-state index in [2.05, 4.69) is 5.32 Å². The Morgan fingerprint density at radius 3 is 2.66 bits per heavy atom. The first-order chi connectivity index (χ1) is 13.8. The number of aliphatic hydroxyl groups is 2. The van der Waals surface area contributed by atoms with Crippen LogP contribution >= 0.6 is 0 Å². The number of aromatic amines is 1. The highest BCUT2D eigenvalue weighted by molar-refractivity contribution is 5.93. The summed E-state index contributed by atoms with van der Waals surface area (Å²) in [4.78, 5) is 38.8. The Morgan fingerprint density at radius 2 is 2.03 bits per heavy atom. The molecule has 1 amide bonds. The van der Waals surface area contributed by atoms with Gasteiger partial charge >= 0.3 is 5.69 Å². The van der Waals surface area contributed by atoms with E-state index in [0.717, 1.165) is 10.8 Å². The summed E-state index contributed by atoms with van der Waals surface area (Å²) < 4.78 is 24.5. The molecule has 1 saturated heterocycles. The number of benzene rings is 1. The summed E-state index contributed by atoms with van der Waals surface area (Å²) in [7, 11) is 1.29. The van der Waals surface area contributed by atoms with E-state index in [1.54, 1.807) is 0 Å². The number of ether oxygens (including phenoxy) is 2. The van der Waals surface area contributed by atoms with Crippen molar-refractivity contribution in [3.05, 3.63) is 68.2 Å². The molecule has 3 rings (SSSR count). The standard InChI is InChI=1S/C18H20FN3O7/c1-28-14-13(24)12(8-23)29-17(14)22-7-11(16(26)21-18(22)27)15(25)20-6-9-2-4-10(19)5-3-9/h2-5,7,12-14,17,23-24H,6,8H2,1H3,(H,20,25)(H,21,26,27)/t12-,13+,14-,17-/m1/s1. The van der Waals surface area contributed by atoms with Crippen molar-refractivity contribution in [2.75, 3.05) is 13.7 Å². The Morgan fingerprint density at radius 1 is 1.34 bits per heavy atom. The first-order valence-electron chi connectivity index (χ1n) is 8.71. The monoisotopic (exact) mass is 409 g/mol. The molecule has 0 saturated carbocycles. The van der Waals surface area contributed by atoms with Crippen LogP contribution in [-0.4, -0.2) is 57.7 Å². The zero-order chi connectivity index (χ0) is 21.1. The Bertz CT molecular complexity index is 988. The van der Waals surface area contributed by atoms with Crippen LogP contribution in [0.5, 0.6) is 0 Å². The van der Waals surface area contributed by atoms with Crippen LogP contribution in [0.1, 0.15) is 22.1 Å². The van der Waals surface area contributed by atoms with Crippen LogP contribution in [0.3, 0.4) is 0 Å². The maximum atomic E-state index is 13.0. The molecular weight excluding hydrogens is 389 g/mol. The number of nitrogens with zero attached hydrogens (tertiary/aromatic N) is 1. The van der Waals surface area contributed by atoms with Crippen LogP contribution in [0.15, 0.2) is 40.1 Å². The van der Waals surface area contributed by atoms with Gasteiger partial charge in [-0.25, -0.2) is 9.18 Å². The Kier molecular flexibility index (Phi) is 6.23. The quantitative estimate of drug-likeness (QED) is 0.473. The first-order valence-corrected chi connectivity index (χ1v) is 8.71. The number of amides is 1. The summed E-state index contributed by atoms with van der Waals surface area (Å²) in [6.45, 7) is -0.482. The molecule has 4 N–H and O–H groups in total. The maximum absolute atomic E-state index is 13.0. The second-order valence-electron chi connectivity index (χ2n) is 6.46. The number of methoxy groups -OCH3 is 1. The van der Waals surface area contributed by atoms with E-state index in [-0.39, 0.29) is 12.1 Å². The van der Waals surface area contributed by atoms with E-state index >= 15 is 0 Å². The molecule has 0 spiro atoms. The van der Waals surface area contributed by atoms with Gasteiger partial charge in [-0.2, -0.15) is 0 Å². The molecule has 1 aliphatic heterocycles. The summed E-state index contributed by atoms with van der Waals surface area (Å²) in [5.41, 5.74) is -1.54. The lowest BCUT2D eigenvalue weighted by Gasteiger charge is -2.20. The number of aromatic nitrogens is 2. The van der Waals surface area contributed by atoms with Gasteiger partial charge in [-0.3, -0.25) is 19.1 Å². The third kappa shape index (κ3) is 4.27. The Hall–Kier alpha value is -2.86. The molecule has 2 aromatic rings. The highest BCUT2D eigenvalue weighted by Crippen LogP contribution is 2.30. The highest BCUT2D eigenvalue weighted by atomic mass is 19.1. The minimum atomic E-state index is -1.22. The molecule has 2 heterocycles. The van der Waals surface area contributed by atoms with Gasteiger partial charge in [-0.15, -0.1) is 0 Å². The van der Waals surface area contributed by atoms with Gasteiger partial charge in [-0.05, 0) is 17.7 Å². The average Bonchev–Trinajstić information content (AvgIpc) is 3.02. The lowest BCUT2D eigenvalue weighted by Crippen LogP contribution is -2.41. The number of rotatable bonds is 6. The van der Waals surface area contributed by atoms with E-state index in [1.165, 1.54) is 31.4 Å². The molecule has 0 bridgehead atoms. The van der Waals surface area contributed by atoms with Crippen LogP contribution in [0.4, 0.5) is 4.39 Å². The highest BCUT2D eigenvalue weighted by Gasteiger charge is 2.45. The van der Waals surface area contributed by atoms with Crippen molar-refractivity contribution in [1.82, 2.24) is 14.9 Å². The average molecular weight is 409 g/mol. The predicted octanol–water partition coefficient (Wildman–Crippen LogP) is -1.13. The fourth-order valence-corrected chi connectivity index (χ4v) is 3.06. The van der Waals surface area contributed by atoms with Crippen molar-refractivity contribution in [2.24, 2.45) is 0 Å². The zero-order valence-electron chi connectivity index (χ0n) is 15.4. The largest absolute Gasteiger partial charge is 0.394 e. The molecule has 29 heavy (non-hydrogen) atoms. The SMILES string of the molecule is CO[C@@H]1[C@@H](O)[C@@H](CO)O[C@H]1n1cc(C(=O)NCc2ccc(F)cc2)c(=O)[nH]c1=O. The van der Waals surface area contributed by atoms with Gasteiger partial charge in [0, 0.05) is 19.9 Å². The number of hydrogen-bond acceptors (Lipinski definition) is 7. The summed E-state index contributed by atoms with van der Waals surface area (Å²) in [5, 5.41) is 21.9. The lowest BCUT2D eigenvalue weighted by atomic mass is 10.1. The summed E-state index contributed by atoms with van der Waals surface area (Å²) in [6.07, 6.45) is -3.39. The third-order valence-corrected chi connectivity index (χ3v) is 4.62. The van der Waals surface area contributed by atoms with Crippen molar-refractivity contribution in [1.29, 1.82) is 0 Å². The van der Waals surface area contributed by atoms with E-state index in [4.69, 9.17) is 9.47 Å². The van der Waals surface area contributed by atoms with Crippen molar-refractivity contribution in [3.8, 4) is 0 Å². The normalized spacial score (nSPS) is 23.9. The molecule has 4 atom stereocenters.